The van der Waals surface area contributed by atoms with Gasteiger partial charge in [-0.2, -0.15) is 0 Å². The summed E-state index contributed by atoms with van der Waals surface area (Å²) in [6.07, 6.45) is 5.63. The van der Waals surface area contributed by atoms with Crippen LogP contribution in [0.1, 0.15) is 24.0 Å². The quantitative estimate of drug-likeness (QED) is 0.371. The minimum atomic E-state index is 0.855. The van der Waals surface area contributed by atoms with E-state index in [-0.39, 0.29) is 0 Å². The van der Waals surface area contributed by atoms with Crippen LogP contribution in [-0.2, 0) is 6.42 Å². The zero-order valence-corrected chi connectivity index (χ0v) is 16.9. The van der Waals surface area contributed by atoms with Gasteiger partial charge in [-0.25, -0.2) is 4.98 Å². The van der Waals surface area contributed by atoms with E-state index in [0.717, 1.165) is 36.7 Å². The Kier molecular flexibility index (Phi) is 4.65. The van der Waals surface area contributed by atoms with Gasteiger partial charge in [0.05, 0.1) is 17.5 Å². The first-order valence-electron chi connectivity index (χ1n) is 9.96. The molecule has 0 amide bonds. The van der Waals surface area contributed by atoms with Gasteiger partial charge in [-0.15, -0.1) is 11.3 Å². The van der Waals surface area contributed by atoms with Gasteiger partial charge < -0.3 is 9.32 Å². The van der Waals surface area contributed by atoms with Gasteiger partial charge >= 0.3 is 0 Å². The third-order valence-corrected chi connectivity index (χ3v) is 6.23. The van der Waals surface area contributed by atoms with Crippen LogP contribution < -0.4 is 4.90 Å². The van der Waals surface area contributed by atoms with Gasteiger partial charge in [0.25, 0.3) is 0 Å². The normalized spacial score (nSPS) is 13.9. The van der Waals surface area contributed by atoms with Gasteiger partial charge in [0.1, 0.15) is 5.58 Å². The highest BCUT2D eigenvalue weighted by atomic mass is 32.1. The molecule has 2 heterocycles. The first kappa shape index (κ1) is 17.5. The number of furan rings is 1. The Morgan fingerprint density at radius 3 is 2.75 bits per heavy atom. The summed E-state index contributed by atoms with van der Waals surface area (Å²) in [5.41, 5.74) is 9.02. The molecule has 1 saturated carbocycles. The first-order chi connectivity index (χ1) is 13.8. The van der Waals surface area contributed by atoms with Gasteiger partial charge in [0.15, 0.2) is 0 Å². The molecule has 0 spiro atoms. The Hall–Kier alpha value is -2.59. The Labute approximate surface area is 169 Å². The predicted molar refractivity (Wildman–Crippen MR) is 117 cm³/mol. The molecule has 0 aliphatic heterocycles. The number of thiazole rings is 1. The maximum atomic E-state index is 5.63. The smallest absolute Gasteiger partial charge is 0.134 e. The topological polar surface area (TPSA) is 29.3 Å². The van der Waals surface area contributed by atoms with E-state index >= 15 is 0 Å². The van der Waals surface area contributed by atoms with E-state index in [1.807, 2.05) is 11.8 Å². The predicted octanol–water partition coefficient (Wildman–Crippen LogP) is 6.32. The average Bonchev–Trinajstić information content (AvgIpc) is 3.23. The van der Waals surface area contributed by atoms with E-state index in [2.05, 4.69) is 64.7 Å². The van der Waals surface area contributed by atoms with Crippen molar-refractivity contribution in [3.05, 3.63) is 70.7 Å². The second-order valence-corrected chi connectivity index (χ2v) is 8.53. The molecule has 2 aromatic heterocycles. The lowest BCUT2D eigenvalue weighted by Gasteiger charge is -2.25. The zero-order chi connectivity index (χ0) is 18.9. The molecule has 4 aromatic rings. The lowest BCUT2D eigenvalue weighted by atomic mass is 10.1. The van der Waals surface area contributed by atoms with Crippen molar-refractivity contribution < 1.29 is 4.42 Å². The molecule has 4 heteroatoms. The van der Waals surface area contributed by atoms with E-state index in [4.69, 9.17) is 4.42 Å². The van der Waals surface area contributed by atoms with Crippen molar-refractivity contribution in [3.63, 3.8) is 0 Å². The number of hydrogen-bond acceptors (Lipinski definition) is 4. The molecule has 0 radical (unpaired) electrons. The van der Waals surface area contributed by atoms with Crippen molar-refractivity contribution in [2.45, 2.75) is 26.2 Å². The van der Waals surface area contributed by atoms with E-state index in [1.165, 1.54) is 40.6 Å². The molecule has 0 saturated heterocycles. The van der Waals surface area contributed by atoms with Gasteiger partial charge in [0, 0.05) is 35.1 Å². The van der Waals surface area contributed by atoms with E-state index in [9.17, 15) is 0 Å². The summed E-state index contributed by atoms with van der Waals surface area (Å²) in [6.45, 7) is 4.30. The van der Waals surface area contributed by atoms with Gasteiger partial charge in [-0.05, 0) is 61.4 Å². The summed E-state index contributed by atoms with van der Waals surface area (Å²) in [5, 5.41) is 3.33. The monoisotopic (exact) mass is 388 g/mol. The van der Waals surface area contributed by atoms with Crippen LogP contribution in [0.5, 0.6) is 0 Å². The zero-order valence-electron chi connectivity index (χ0n) is 16.1. The number of rotatable bonds is 7. The summed E-state index contributed by atoms with van der Waals surface area (Å²) in [7, 11) is 0. The van der Waals surface area contributed by atoms with Gasteiger partial charge in [0.2, 0.25) is 0 Å². The number of nitrogens with zero attached hydrogens (tertiary/aromatic N) is 2. The summed E-state index contributed by atoms with van der Waals surface area (Å²) in [4.78, 5) is 6.95. The van der Waals surface area contributed by atoms with Crippen molar-refractivity contribution in [2.24, 2.45) is 5.92 Å². The number of aryl methyl sites for hydroxylation is 1. The minimum absolute atomic E-state index is 0.855. The van der Waals surface area contributed by atoms with Crippen LogP contribution in [0.25, 0.3) is 22.2 Å². The Morgan fingerprint density at radius 1 is 1.14 bits per heavy atom. The highest BCUT2D eigenvalue weighted by molar-refractivity contribution is 7.07. The first-order valence-corrected chi connectivity index (χ1v) is 10.9. The number of anilines is 1. The van der Waals surface area contributed by atoms with E-state index in [1.54, 1.807) is 11.3 Å². The molecular weight excluding hydrogens is 364 g/mol. The highest BCUT2D eigenvalue weighted by Crippen LogP contribution is 2.33. The van der Waals surface area contributed by atoms with Gasteiger partial charge in [-0.1, -0.05) is 24.3 Å². The number of hydrogen-bond donors (Lipinski definition) is 0. The molecular formula is C24H24N2OS. The standard InChI is InChI=1S/C24H24N2OS/c1-17-14-27-24-9-8-21(12-22(17)24)26(13-19-2-3-19)11-10-18-4-6-20(7-5-18)23-15-28-16-25-23/h4-9,12,14-16,19H,2-3,10-11,13H2,1H3. The Bertz CT molecular complexity index is 1060. The summed E-state index contributed by atoms with van der Waals surface area (Å²) in [5.74, 6) is 0.855. The van der Waals surface area contributed by atoms with Crippen LogP contribution in [0, 0.1) is 12.8 Å². The summed E-state index contributed by atoms with van der Waals surface area (Å²) < 4.78 is 5.63. The van der Waals surface area contributed by atoms with Crippen LogP contribution >= 0.6 is 11.3 Å². The molecule has 0 N–H and O–H groups in total. The van der Waals surface area contributed by atoms with Crippen LogP contribution in [0.4, 0.5) is 5.69 Å². The Morgan fingerprint density at radius 2 is 2.00 bits per heavy atom. The maximum Gasteiger partial charge on any atom is 0.134 e. The Balaban J connectivity index is 1.33. The average molecular weight is 389 g/mol. The minimum Gasteiger partial charge on any atom is -0.464 e. The van der Waals surface area contributed by atoms with Crippen LogP contribution in [0.2, 0.25) is 0 Å². The van der Waals surface area contributed by atoms with Crippen LogP contribution in [0.15, 0.2) is 64.0 Å². The summed E-state index contributed by atoms with van der Waals surface area (Å²) in [6, 6.07) is 15.5. The SMILES string of the molecule is Cc1coc2ccc(N(CCc3ccc(-c4cscn4)cc3)CC3CC3)cc12. The van der Waals surface area contributed by atoms with Crippen molar-refractivity contribution >= 4 is 28.0 Å². The number of aromatic nitrogens is 1. The van der Waals surface area contributed by atoms with Crippen LogP contribution in [-0.4, -0.2) is 18.1 Å². The third-order valence-electron chi connectivity index (χ3n) is 5.64. The molecule has 28 heavy (non-hydrogen) atoms. The molecule has 0 atom stereocenters. The summed E-state index contributed by atoms with van der Waals surface area (Å²) >= 11 is 1.64. The lowest BCUT2D eigenvalue weighted by Crippen LogP contribution is -2.28. The number of fused-ring (bicyclic) bond motifs is 1. The van der Waals surface area contributed by atoms with Crippen molar-refractivity contribution in [2.75, 3.05) is 18.0 Å². The second kappa shape index (κ2) is 7.44. The molecule has 1 aliphatic rings. The molecule has 3 nitrogen and oxygen atoms in total. The van der Waals surface area contributed by atoms with Crippen molar-refractivity contribution in [1.82, 2.24) is 4.98 Å². The molecule has 2 aromatic carbocycles. The number of benzene rings is 2. The fraction of sp³-hybridized carbons (Fsp3) is 0.292. The maximum absolute atomic E-state index is 5.63. The van der Waals surface area contributed by atoms with E-state index in [0.29, 0.717) is 0 Å². The van der Waals surface area contributed by atoms with Crippen molar-refractivity contribution in [1.29, 1.82) is 0 Å². The molecule has 0 bridgehead atoms. The second-order valence-electron chi connectivity index (χ2n) is 7.81. The van der Waals surface area contributed by atoms with Crippen molar-refractivity contribution in [3.8, 4) is 11.3 Å². The van der Waals surface area contributed by atoms with Gasteiger partial charge in [-0.3, -0.25) is 0 Å². The molecule has 1 aliphatic carbocycles. The lowest BCUT2D eigenvalue weighted by molar-refractivity contribution is 0.613. The molecule has 142 valence electrons. The highest BCUT2D eigenvalue weighted by Gasteiger charge is 2.24. The third kappa shape index (κ3) is 3.69. The van der Waals surface area contributed by atoms with E-state index < -0.39 is 0 Å². The molecule has 5 rings (SSSR count). The fourth-order valence-corrected chi connectivity index (χ4v) is 4.30. The van der Waals surface area contributed by atoms with Crippen LogP contribution in [0.3, 0.4) is 0 Å². The molecule has 1 fully saturated rings. The molecule has 0 unspecified atom stereocenters. The largest absolute Gasteiger partial charge is 0.464 e. The fourth-order valence-electron chi connectivity index (χ4n) is 3.74.